The standard InChI is InChI=1S/C22H18ClF2N3O2/c23-13-1-3-18-15(8-13)16-11-27(6-5-19(16)26-18)22(30)12-7-21(29)28(10-12)20-4-2-14(24)9-17(20)25/h1-4,8-9,12,26H,5-7,10-11H2. The van der Waals surface area contributed by atoms with Crippen molar-refractivity contribution >= 4 is 40.0 Å². The highest BCUT2D eigenvalue weighted by Crippen LogP contribution is 2.33. The van der Waals surface area contributed by atoms with E-state index in [0.717, 1.165) is 34.3 Å². The molecule has 1 N–H and O–H groups in total. The normalized spacial score (nSPS) is 18.9. The van der Waals surface area contributed by atoms with Gasteiger partial charge in [-0.2, -0.15) is 0 Å². The van der Waals surface area contributed by atoms with Crippen LogP contribution in [-0.4, -0.2) is 34.8 Å². The van der Waals surface area contributed by atoms with E-state index in [1.54, 1.807) is 4.90 Å². The molecule has 0 saturated carbocycles. The van der Waals surface area contributed by atoms with Crippen LogP contribution in [0.4, 0.5) is 14.5 Å². The zero-order chi connectivity index (χ0) is 21.0. The molecule has 0 aliphatic carbocycles. The molecule has 8 heteroatoms. The molecule has 154 valence electrons. The van der Waals surface area contributed by atoms with Gasteiger partial charge >= 0.3 is 0 Å². The quantitative estimate of drug-likeness (QED) is 0.668. The maximum absolute atomic E-state index is 14.1. The summed E-state index contributed by atoms with van der Waals surface area (Å²) < 4.78 is 27.3. The predicted molar refractivity (Wildman–Crippen MR) is 109 cm³/mol. The molecular formula is C22H18ClF2N3O2. The number of carbonyl (C=O) groups excluding carboxylic acids is 2. The molecule has 3 aromatic rings. The van der Waals surface area contributed by atoms with Gasteiger partial charge in [0.1, 0.15) is 11.6 Å². The highest BCUT2D eigenvalue weighted by atomic mass is 35.5. The number of rotatable bonds is 2. The van der Waals surface area contributed by atoms with E-state index < -0.39 is 17.6 Å². The Morgan fingerprint density at radius 1 is 1.17 bits per heavy atom. The summed E-state index contributed by atoms with van der Waals surface area (Å²) in [6.45, 7) is 1.06. The summed E-state index contributed by atoms with van der Waals surface area (Å²) in [5, 5.41) is 1.62. The van der Waals surface area contributed by atoms with Crippen molar-refractivity contribution in [2.75, 3.05) is 18.0 Å². The van der Waals surface area contributed by atoms with E-state index in [0.29, 0.717) is 24.5 Å². The van der Waals surface area contributed by atoms with Crippen molar-refractivity contribution in [2.45, 2.75) is 19.4 Å². The van der Waals surface area contributed by atoms with Gasteiger partial charge in [-0.05, 0) is 30.3 Å². The van der Waals surface area contributed by atoms with E-state index in [4.69, 9.17) is 11.6 Å². The van der Waals surface area contributed by atoms with Crippen LogP contribution in [-0.2, 0) is 22.6 Å². The molecule has 2 aliphatic rings. The first-order valence-corrected chi connectivity index (χ1v) is 10.1. The number of amides is 2. The second-order valence-corrected chi connectivity index (χ2v) is 8.22. The molecule has 0 radical (unpaired) electrons. The molecule has 1 unspecified atom stereocenters. The zero-order valence-corrected chi connectivity index (χ0v) is 16.7. The van der Waals surface area contributed by atoms with Crippen LogP contribution in [0.5, 0.6) is 0 Å². The lowest BCUT2D eigenvalue weighted by atomic mass is 10.0. The van der Waals surface area contributed by atoms with E-state index in [1.165, 1.54) is 11.0 Å². The number of anilines is 1. The second-order valence-electron chi connectivity index (χ2n) is 7.78. The van der Waals surface area contributed by atoms with Gasteiger partial charge in [0.2, 0.25) is 11.8 Å². The van der Waals surface area contributed by atoms with Crippen molar-refractivity contribution in [2.24, 2.45) is 5.92 Å². The van der Waals surface area contributed by atoms with E-state index >= 15 is 0 Å². The first-order valence-electron chi connectivity index (χ1n) is 9.74. The number of hydrogen-bond donors (Lipinski definition) is 1. The van der Waals surface area contributed by atoms with Gasteiger partial charge in [-0.25, -0.2) is 8.78 Å². The largest absolute Gasteiger partial charge is 0.358 e. The molecule has 2 aromatic carbocycles. The number of aromatic amines is 1. The summed E-state index contributed by atoms with van der Waals surface area (Å²) in [5.74, 6) is -2.55. The van der Waals surface area contributed by atoms with Crippen molar-refractivity contribution in [1.29, 1.82) is 0 Å². The number of halogens is 3. The van der Waals surface area contributed by atoms with Crippen LogP contribution in [0.1, 0.15) is 17.7 Å². The van der Waals surface area contributed by atoms with Gasteiger partial charge in [0, 0.05) is 65.7 Å². The van der Waals surface area contributed by atoms with Gasteiger partial charge in [-0.15, -0.1) is 0 Å². The summed E-state index contributed by atoms with van der Waals surface area (Å²) in [4.78, 5) is 32.0. The Bertz CT molecular complexity index is 1190. The first-order chi connectivity index (χ1) is 14.4. The van der Waals surface area contributed by atoms with Crippen LogP contribution >= 0.6 is 11.6 Å². The number of benzene rings is 2. The van der Waals surface area contributed by atoms with Crippen LogP contribution in [0.25, 0.3) is 10.9 Å². The number of nitrogens with one attached hydrogen (secondary N) is 1. The number of carbonyl (C=O) groups is 2. The van der Waals surface area contributed by atoms with Crippen molar-refractivity contribution in [1.82, 2.24) is 9.88 Å². The van der Waals surface area contributed by atoms with Crippen LogP contribution < -0.4 is 4.90 Å². The lowest BCUT2D eigenvalue weighted by molar-refractivity contribution is -0.136. The topological polar surface area (TPSA) is 56.4 Å². The number of nitrogens with zero attached hydrogens (tertiary/aromatic N) is 2. The third kappa shape index (κ3) is 3.13. The van der Waals surface area contributed by atoms with Crippen molar-refractivity contribution in [3.05, 3.63) is 64.3 Å². The molecule has 3 heterocycles. The third-order valence-electron chi connectivity index (χ3n) is 5.92. The fourth-order valence-corrected chi connectivity index (χ4v) is 4.61. The van der Waals surface area contributed by atoms with E-state index in [2.05, 4.69) is 4.98 Å². The molecule has 0 bridgehead atoms. The summed E-state index contributed by atoms with van der Waals surface area (Å²) in [7, 11) is 0. The first kappa shape index (κ1) is 19.1. The average molecular weight is 430 g/mol. The Hall–Kier alpha value is -2.93. The summed E-state index contributed by atoms with van der Waals surface area (Å²) in [6.07, 6.45) is 0.697. The summed E-state index contributed by atoms with van der Waals surface area (Å²) >= 11 is 6.14. The number of hydrogen-bond acceptors (Lipinski definition) is 2. The summed E-state index contributed by atoms with van der Waals surface area (Å²) in [6, 6.07) is 8.72. The van der Waals surface area contributed by atoms with Gasteiger partial charge in [0.15, 0.2) is 0 Å². The van der Waals surface area contributed by atoms with E-state index in [1.807, 2.05) is 18.2 Å². The third-order valence-corrected chi connectivity index (χ3v) is 6.16. The molecule has 5 rings (SSSR count). The fourth-order valence-electron chi connectivity index (χ4n) is 4.44. The smallest absolute Gasteiger partial charge is 0.228 e. The van der Waals surface area contributed by atoms with Crippen molar-refractivity contribution < 1.29 is 18.4 Å². The maximum atomic E-state index is 14.1. The van der Waals surface area contributed by atoms with Crippen LogP contribution in [0.15, 0.2) is 36.4 Å². The molecule has 30 heavy (non-hydrogen) atoms. The van der Waals surface area contributed by atoms with Crippen molar-refractivity contribution in [3.8, 4) is 0 Å². The Labute approximate surface area is 176 Å². The molecule has 1 aromatic heterocycles. The Morgan fingerprint density at radius 3 is 2.80 bits per heavy atom. The number of fused-ring (bicyclic) bond motifs is 3. The predicted octanol–water partition coefficient (Wildman–Crippen LogP) is 4.04. The van der Waals surface area contributed by atoms with Gasteiger partial charge in [0.05, 0.1) is 11.6 Å². The molecule has 0 spiro atoms. The Kier molecular flexibility index (Phi) is 4.50. The minimum absolute atomic E-state index is 0.00361. The SMILES string of the molecule is O=C(C1CC(=O)N(c2ccc(F)cc2F)C1)N1CCc2[nH]c3ccc(Cl)cc3c2C1. The molecular weight excluding hydrogens is 412 g/mol. The van der Waals surface area contributed by atoms with Gasteiger partial charge in [-0.3, -0.25) is 9.59 Å². The molecule has 1 fully saturated rings. The Morgan fingerprint density at radius 2 is 2.00 bits per heavy atom. The second kappa shape index (κ2) is 7.09. The highest BCUT2D eigenvalue weighted by Gasteiger charge is 2.39. The minimum atomic E-state index is -0.810. The number of aromatic nitrogens is 1. The Balaban J connectivity index is 1.36. The lowest BCUT2D eigenvalue weighted by Gasteiger charge is -2.29. The minimum Gasteiger partial charge on any atom is -0.358 e. The van der Waals surface area contributed by atoms with Gasteiger partial charge < -0.3 is 14.8 Å². The maximum Gasteiger partial charge on any atom is 0.228 e. The molecule has 1 saturated heterocycles. The van der Waals surface area contributed by atoms with Crippen LogP contribution in [0, 0.1) is 17.6 Å². The van der Waals surface area contributed by atoms with E-state index in [9.17, 15) is 18.4 Å². The van der Waals surface area contributed by atoms with Gasteiger partial charge in [-0.1, -0.05) is 11.6 Å². The van der Waals surface area contributed by atoms with Crippen LogP contribution in [0.3, 0.4) is 0 Å². The number of H-pyrrole nitrogens is 1. The van der Waals surface area contributed by atoms with Gasteiger partial charge in [0.25, 0.3) is 0 Å². The highest BCUT2D eigenvalue weighted by molar-refractivity contribution is 6.31. The molecule has 2 amide bonds. The lowest BCUT2D eigenvalue weighted by Crippen LogP contribution is -2.40. The fraction of sp³-hybridized carbons (Fsp3) is 0.273. The van der Waals surface area contributed by atoms with Crippen molar-refractivity contribution in [3.63, 3.8) is 0 Å². The summed E-state index contributed by atoms with van der Waals surface area (Å²) in [5.41, 5.74) is 3.11. The molecule has 1 atom stereocenters. The zero-order valence-electron chi connectivity index (χ0n) is 15.9. The van der Waals surface area contributed by atoms with Crippen LogP contribution in [0.2, 0.25) is 5.02 Å². The van der Waals surface area contributed by atoms with E-state index in [-0.39, 0.29) is 30.5 Å². The molecule has 5 nitrogen and oxygen atoms in total. The average Bonchev–Trinajstić information content (AvgIpc) is 3.27. The monoisotopic (exact) mass is 429 g/mol. The molecule has 2 aliphatic heterocycles.